The molecule has 0 atom stereocenters. The van der Waals surface area contributed by atoms with Crippen molar-refractivity contribution in [2.24, 2.45) is 0 Å². The van der Waals surface area contributed by atoms with Gasteiger partial charge in [-0.25, -0.2) is 0 Å². The Morgan fingerprint density at radius 3 is 2.52 bits per heavy atom. The van der Waals surface area contributed by atoms with E-state index in [1.54, 1.807) is 11.8 Å². The van der Waals surface area contributed by atoms with Gasteiger partial charge in [-0.2, -0.15) is 0 Å². The number of hydrogen-bond donors (Lipinski definition) is 1. The summed E-state index contributed by atoms with van der Waals surface area (Å²) in [6.07, 6.45) is 0. The van der Waals surface area contributed by atoms with Gasteiger partial charge in [0.1, 0.15) is 0 Å². The number of likely N-dealkylation sites (N-methyl/N-ethyl adjacent to an activating group) is 1. The predicted octanol–water partition coefficient (Wildman–Crippen LogP) is 3.68. The van der Waals surface area contributed by atoms with Gasteiger partial charge in [-0.05, 0) is 36.9 Å². The quantitative estimate of drug-likeness (QED) is 0.583. The van der Waals surface area contributed by atoms with Gasteiger partial charge in [-0.3, -0.25) is 9.69 Å². The normalized spacial score (nSPS) is 10.7. The topological polar surface area (TPSA) is 32.3 Å². The van der Waals surface area contributed by atoms with E-state index in [4.69, 9.17) is 11.6 Å². The van der Waals surface area contributed by atoms with Crippen molar-refractivity contribution in [1.82, 2.24) is 10.2 Å². The maximum Gasteiger partial charge on any atom is 0.234 e. The highest BCUT2D eigenvalue weighted by Gasteiger charge is 2.06. The predicted molar refractivity (Wildman–Crippen MR) is 98.0 cm³/mol. The van der Waals surface area contributed by atoms with Gasteiger partial charge < -0.3 is 5.32 Å². The summed E-state index contributed by atoms with van der Waals surface area (Å²) < 4.78 is 0. The standard InChI is InChI=1S/C18H21ClN2OS/c1-21(13-15-5-3-2-4-6-15)14-18(22)20-11-12-23-17-9-7-16(19)8-10-17/h2-10H,11-14H2,1H3,(H,20,22). The summed E-state index contributed by atoms with van der Waals surface area (Å²) in [7, 11) is 1.95. The second-order valence-corrected chi connectivity index (χ2v) is 6.91. The summed E-state index contributed by atoms with van der Waals surface area (Å²) in [6.45, 7) is 1.83. The van der Waals surface area contributed by atoms with E-state index in [1.165, 1.54) is 5.56 Å². The first-order chi connectivity index (χ1) is 11.1. The molecule has 1 amide bonds. The molecule has 0 radical (unpaired) electrons. The van der Waals surface area contributed by atoms with E-state index in [1.807, 2.05) is 54.4 Å². The number of carbonyl (C=O) groups excluding carboxylic acids is 1. The lowest BCUT2D eigenvalue weighted by Crippen LogP contribution is -2.35. The van der Waals surface area contributed by atoms with Gasteiger partial charge in [0.25, 0.3) is 0 Å². The largest absolute Gasteiger partial charge is 0.354 e. The van der Waals surface area contributed by atoms with Gasteiger partial charge in [0.15, 0.2) is 0 Å². The number of benzene rings is 2. The van der Waals surface area contributed by atoms with Gasteiger partial charge in [0, 0.05) is 28.8 Å². The fourth-order valence-electron chi connectivity index (χ4n) is 2.14. The third kappa shape index (κ3) is 7.08. The molecule has 0 bridgehead atoms. The van der Waals surface area contributed by atoms with Crippen LogP contribution in [0.5, 0.6) is 0 Å². The summed E-state index contributed by atoms with van der Waals surface area (Å²) in [6, 6.07) is 17.9. The van der Waals surface area contributed by atoms with Crippen LogP contribution in [0.1, 0.15) is 5.56 Å². The average Bonchev–Trinajstić information content (AvgIpc) is 2.54. The van der Waals surface area contributed by atoms with Gasteiger partial charge in [0.2, 0.25) is 5.91 Å². The first-order valence-electron chi connectivity index (χ1n) is 7.51. The maximum absolute atomic E-state index is 11.9. The van der Waals surface area contributed by atoms with Crippen LogP contribution >= 0.6 is 23.4 Å². The van der Waals surface area contributed by atoms with Crippen LogP contribution in [-0.2, 0) is 11.3 Å². The maximum atomic E-state index is 11.9. The SMILES string of the molecule is CN(CC(=O)NCCSc1ccc(Cl)cc1)Cc1ccccc1. The second kappa shape index (κ2) is 9.60. The van der Waals surface area contributed by atoms with Gasteiger partial charge in [-0.1, -0.05) is 41.9 Å². The van der Waals surface area contributed by atoms with E-state index in [0.29, 0.717) is 13.1 Å². The van der Waals surface area contributed by atoms with Crippen molar-refractivity contribution >= 4 is 29.3 Å². The van der Waals surface area contributed by atoms with Crippen LogP contribution in [0.4, 0.5) is 0 Å². The Morgan fingerprint density at radius 1 is 1.13 bits per heavy atom. The Labute approximate surface area is 147 Å². The van der Waals surface area contributed by atoms with Crippen molar-refractivity contribution in [2.75, 3.05) is 25.9 Å². The third-order valence-electron chi connectivity index (χ3n) is 3.22. The minimum Gasteiger partial charge on any atom is -0.354 e. The van der Waals surface area contributed by atoms with Gasteiger partial charge in [0.05, 0.1) is 6.54 Å². The van der Waals surface area contributed by atoms with Crippen molar-refractivity contribution in [3.8, 4) is 0 Å². The smallest absolute Gasteiger partial charge is 0.234 e. The number of rotatable bonds is 8. The number of halogens is 1. The number of carbonyl (C=O) groups is 1. The molecule has 0 aromatic heterocycles. The Bertz CT molecular complexity index is 604. The number of nitrogens with zero attached hydrogens (tertiary/aromatic N) is 1. The van der Waals surface area contributed by atoms with Crippen molar-refractivity contribution in [2.45, 2.75) is 11.4 Å². The lowest BCUT2D eigenvalue weighted by Gasteiger charge is -2.16. The molecule has 0 saturated carbocycles. The van der Waals surface area contributed by atoms with Crippen LogP contribution in [-0.4, -0.2) is 36.7 Å². The Balaban J connectivity index is 1.62. The first-order valence-corrected chi connectivity index (χ1v) is 8.87. The third-order valence-corrected chi connectivity index (χ3v) is 4.48. The van der Waals surface area contributed by atoms with Crippen molar-refractivity contribution in [1.29, 1.82) is 0 Å². The van der Waals surface area contributed by atoms with E-state index in [-0.39, 0.29) is 5.91 Å². The Morgan fingerprint density at radius 2 is 1.83 bits per heavy atom. The minimum atomic E-state index is 0.0557. The molecule has 1 N–H and O–H groups in total. The molecule has 2 aromatic rings. The van der Waals surface area contributed by atoms with Crippen LogP contribution < -0.4 is 5.32 Å². The van der Waals surface area contributed by atoms with Crippen LogP contribution in [0.15, 0.2) is 59.5 Å². The van der Waals surface area contributed by atoms with E-state index in [9.17, 15) is 4.79 Å². The van der Waals surface area contributed by atoms with E-state index < -0.39 is 0 Å². The molecule has 3 nitrogen and oxygen atoms in total. The first kappa shape index (κ1) is 17.9. The zero-order chi connectivity index (χ0) is 16.5. The van der Waals surface area contributed by atoms with Crippen LogP contribution in [0.3, 0.4) is 0 Å². The number of amides is 1. The van der Waals surface area contributed by atoms with Crippen LogP contribution in [0, 0.1) is 0 Å². The Hall–Kier alpha value is -1.49. The molecule has 122 valence electrons. The number of nitrogens with one attached hydrogen (secondary N) is 1. The molecule has 0 unspecified atom stereocenters. The molecule has 0 heterocycles. The molecule has 0 aliphatic heterocycles. The highest BCUT2D eigenvalue weighted by atomic mass is 35.5. The van der Waals surface area contributed by atoms with Crippen LogP contribution in [0.2, 0.25) is 5.02 Å². The molecule has 0 spiro atoms. The van der Waals surface area contributed by atoms with Crippen molar-refractivity contribution < 1.29 is 4.79 Å². The molecule has 0 aliphatic rings. The minimum absolute atomic E-state index is 0.0557. The van der Waals surface area contributed by atoms with Gasteiger partial charge in [-0.15, -0.1) is 11.8 Å². The van der Waals surface area contributed by atoms with Gasteiger partial charge >= 0.3 is 0 Å². The molecular weight excluding hydrogens is 328 g/mol. The molecular formula is C18H21ClN2OS. The van der Waals surface area contributed by atoms with E-state index in [2.05, 4.69) is 17.4 Å². The fourth-order valence-corrected chi connectivity index (χ4v) is 3.04. The summed E-state index contributed by atoms with van der Waals surface area (Å²) in [5.74, 6) is 0.899. The number of hydrogen-bond acceptors (Lipinski definition) is 3. The summed E-state index contributed by atoms with van der Waals surface area (Å²) in [5.41, 5.74) is 1.21. The molecule has 2 aromatic carbocycles. The molecule has 0 fully saturated rings. The Kier molecular flexibility index (Phi) is 7.46. The summed E-state index contributed by atoms with van der Waals surface area (Å²) >= 11 is 7.56. The highest BCUT2D eigenvalue weighted by Crippen LogP contribution is 2.19. The molecule has 5 heteroatoms. The van der Waals surface area contributed by atoms with Crippen LogP contribution in [0.25, 0.3) is 0 Å². The van der Waals surface area contributed by atoms with Crippen molar-refractivity contribution in [3.63, 3.8) is 0 Å². The molecule has 0 aliphatic carbocycles. The molecule has 2 rings (SSSR count). The highest BCUT2D eigenvalue weighted by molar-refractivity contribution is 7.99. The zero-order valence-corrected chi connectivity index (χ0v) is 14.7. The lowest BCUT2D eigenvalue weighted by atomic mass is 10.2. The number of thioether (sulfide) groups is 1. The second-order valence-electron chi connectivity index (χ2n) is 5.31. The van der Waals surface area contributed by atoms with E-state index >= 15 is 0 Å². The summed E-state index contributed by atoms with van der Waals surface area (Å²) in [4.78, 5) is 15.1. The van der Waals surface area contributed by atoms with Crippen molar-refractivity contribution in [3.05, 3.63) is 65.2 Å². The summed E-state index contributed by atoms with van der Waals surface area (Å²) in [5, 5.41) is 3.69. The monoisotopic (exact) mass is 348 g/mol. The fraction of sp³-hybridized carbons (Fsp3) is 0.278. The molecule has 0 saturated heterocycles. The van der Waals surface area contributed by atoms with E-state index in [0.717, 1.165) is 22.2 Å². The average molecular weight is 349 g/mol. The zero-order valence-electron chi connectivity index (χ0n) is 13.2. The molecule has 23 heavy (non-hydrogen) atoms. The lowest BCUT2D eigenvalue weighted by molar-refractivity contribution is -0.121.